The molecule has 0 saturated heterocycles. The summed E-state index contributed by atoms with van der Waals surface area (Å²) >= 11 is 0. The van der Waals surface area contributed by atoms with Crippen LogP contribution < -0.4 is 11.1 Å². The molecule has 0 fully saturated rings. The first-order valence-electron chi connectivity index (χ1n) is 5.20. The highest BCUT2D eigenvalue weighted by molar-refractivity contribution is 5.50. The molecule has 0 aromatic carbocycles. The van der Waals surface area contributed by atoms with E-state index in [1.807, 2.05) is 13.0 Å². The fraction of sp³-hybridized carbons (Fsp3) is 0.545. The van der Waals surface area contributed by atoms with Gasteiger partial charge in [-0.1, -0.05) is 0 Å². The molecule has 4 heteroatoms. The maximum absolute atomic E-state index is 5.63. The van der Waals surface area contributed by atoms with Gasteiger partial charge in [-0.2, -0.15) is 0 Å². The molecule has 1 aromatic rings. The summed E-state index contributed by atoms with van der Waals surface area (Å²) in [6, 6.07) is 1.93. The van der Waals surface area contributed by atoms with E-state index in [1.54, 1.807) is 6.20 Å². The van der Waals surface area contributed by atoms with Crippen molar-refractivity contribution in [1.82, 2.24) is 9.88 Å². The SMILES string of the molecule is Cc1cc(N)cnc1NCCCN(C)C. The summed E-state index contributed by atoms with van der Waals surface area (Å²) in [4.78, 5) is 6.42. The Morgan fingerprint density at radius 3 is 2.80 bits per heavy atom. The Balaban J connectivity index is 2.37. The summed E-state index contributed by atoms with van der Waals surface area (Å²) in [5.41, 5.74) is 7.44. The van der Waals surface area contributed by atoms with E-state index in [0.717, 1.165) is 30.9 Å². The first-order valence-corrected chi connectivity index (χ1v) is 5.20. The van der Waals surface area contributed by atoms with Crippen molar-refractivity contribution in [2.75, 3.05) is 38.2 Å². The molecular formula is C11H20N4. The van der Waals surface area contributed by atoms with Crippen LogP contribution in [0, 0.1) is 6.92 Å². The van der Waals surface area contributed by atoms with Gasteiger partial charge in [0, 0.05) is 6.54 Å². The lowest BCUT2D eigenvalue weighted by Crippen LogP contribution is -2.16. The second-order valence-electron chi connectivity index (χ2n) is 4.02. The lowest BCUT2D eigenvalue weighted by atomic mass is 10.2. The number of rotatable bonds is 5. The Kier molecular flexibility index (Phi) is 4.37. The molecule has 0 aliphatic heterocycles. The van der Waals surface area contributed by atoms with Crippen LogP contribution >= 0.6 is 0 Å². The van der Waals surface area contributed by atoms with Gasteiger partial charge >= 0.3 is 0 Å². The molecule has 1 heterocycles. The van der Waals surface area contributed by atoms with Crippen molar-refractivity contribution in [3.8, 4) is 0 Å². The van der Waals surface area contributed by atoms with Crippen molar-refractivity contribution < 1.29 is 0 Å². The number of nitrogens with zero attached hydrogens (tertiary/aromatic N) is 2. The third-order valence-corrected chi connectivity index (χ3v) is 2.17. The molecule has 4 nitrogen and oxygen atoms in total. The van der Waals surface area contributed by atoms with Gasteiger partial charge in [0.25, 0.3) is 0 Å². The Morgan fingerprint density at radius 1 is 1.47 bits per heavy atom. The summed E-state index contributed by atoms with van der Waals surface area (Å²) in [6.45, 7) is 4.04. The lowest BCUT2D eigenvalue weighted by Gasteiger charge is -2.11. The van der Waals surface area contributed by atoms with E-state index in [1.165, 1.54) is 0 Å². The molecule has 15 heavy (non-hydrogen) atoms. The van der Waals surface area contributed by atoms with Crippen LogP contribution in [0.25, 0.3) is 0 Å². The maximum Gasteiger partial charge on any atom is 0.128 e. The van der Waals surface area contributed by atoms with Crippen LogP contribution in [0.1, 0.15) is 12.0 Å². The number of aromatic nitrogens is 1. The van der Waals surface area contributed by atoms with Crippen LogP contribution in [-0.2, 0) is 0 Å². The molecule has 0 aliphatic rings. The molecule has 3 N–H and O–H groups in total. The highest BCUT2D eigenvalue weighted by atomic mass is 15.1. The molecule has 0 bridgehead atoms. The topological polar surface area (TPSA) is 54.2 Å². The second kappa shape index (κ2) is 5.56. The fourth-order valence-corrected chi connectivity index (χ4v) is 1.38. The molecule has 0 saturated carbocycles. The van der Waals surface area contributed by atoms with E-state index in [4.69, 9.17) is 5.73 Å². The number of pyridine rings is 1. The zero-order valence-corrected chi connectivity index (χ0v) is 9.75. The van der Waals surface area contributed by atoms with Crippen LogP contribution in [0.4, 0.5) is 11.5 Å². The summed E-state index contributed by atoms with van der Waals surface area (Å²) in [7, 11) is 4.15. The van der Waals surface area contributed by atoms with E-state index >= 15 is 0 Å². The number of hydrogen-bond donors (Lipinski definition) is 2. The van der Waals surface area contributed by atoms with Gasteiger partial charge in [0.15, 0.2) is 0 Å². The molecule has 1 rings (SSSR count). The minimum atomic E-state index is 0.714. The molecule has 0 atom stereocenters. The Labute approximate surface area is 91.5 Å². The minimum absolute atomic E-state index is 0.714. The molecule has 0 amide bonds. The molecule has 0 spiro atoms. The van der Waals surface area contributed by atoms with E-state index in [0.29, 0.717) is 5.69 Å². The average molecular weight is 208 g/mol. The van der Waals surface area contributed by atoms with Crippen molar-refractivity contribution in [1.29, 1.82) is 0 Å². The van der Waals surface area contributed by atoms with E-state index in [-0.39, 0.29) is 0 Å². The molecule has 0 radical (unpaired) electrons. The largest absolute Gasteiger partial charge is 0.397 e. The van der Waals surface area contributed by atoms with E-state index in [9.17, 15) is 0 Å². The first-order chi connectivity index (χ1) is 7.09. The van der Waals surface area contributed by atoms with Crippen LogP contribution in [0.3, 0.4) is 0 Å². The van der Waals surface area contributed by atoms with Crippen LogP contribution in [-0.4, -0.2) is 37.1 Å². The molecule has 1 aromatic heterocycles. The van der Waals surface area contributed by atoms with Gasteiger partial charge in [0.2, 0.25) is 0 Å². The number of aryl methyl sites for hydroxylation is 1. The predicted molar refractivity (Wildman–Crippen MR) is 65.0 cm³/mol. The van der Waals surface area contributed by atoms with Crippen LogP contribution in [0.5, 0.6) is 0 Å². The van der Waals surface area contributed by atoms with Gasteiger partial charge in [-0.3, -0.25) is 0 Å². The van der Waals surface area contributed by atoms with E-state index < -0.39 is 0 Å². The lowest BCUT2D eigenvalue weighted by molar-refractivity contribution is 0.405. The maximum atomic E-state index is 5.63. The Hall–Kier alpha value is -1.29. The third-order valence-electron chi connectivity index (χ3n) is 2.17. The van der Waals surface area contributed by atoms with Crippen molar-refractivity contribution in [2.24, 2.45) is 0 Å². The van der Waals surface area contributed by atoms with Gasteiger partial charge in [-0.25, -0.2) is 4.98 Å². The quantitative estimate of drug-likeness (QED) is 0.717. The van der Waals surface area contributed by atoms with Gasteiger partial charge < -0.3 is 16.0 Å². The van der Waals surface area contributed by atoms with Gasteiger partial charge in [0.05, 0.1) is 11.9 Å². The van der Waals surface area contributed by atoms with Crippen molar-refractivity contribution in [3.05, 3.63) is 17.8 Å². The molecule has 0 aliphatic carbocycles. The summed E-state index contributed by atoms with van der Waals surface area (Å²) in [6.07, 6.45) is 2.79. The number of nitrogens with two attached hydrogens (primary N) is 1. The standard InChI is InChI=1S/C11H20N4/c1-9-7-10(12)8-14-11(9)13-5-4-6-15(2)3/h7-8H,4-6,12H2,1-3H3,(H,13,14). The number of nitrogen functional groups attached to an aromatic ring is 1. The number of hydrogen-bond acceptors (Lipinski definition) is 4. The summed E-state index contributed by atoms with van der Waals surface area (Å²) in [5, 5.41) is 3.30. The zero-order valence-electron chi connectivity index (χ0n) is 9.75. The normalized spacial score (nSPS) is 10.7. The van der Waals surface area contributed by atoms with Crippen molar-refractivity contribution in [3.63, 3.8) is 0 Å². The van der Waals surface area contributed by atoms with Gasteiger partial charge in [-0.05, 0) is 45.6 Å². The summed E-state index contributed by atoms with van der Waals surface area (Å²) in [5.74, 6) is 0.933. The van der Waals surface area contributed by atoms with Gasteiger partial charge in [0.1, 0.15) is 5.82 Å². The highest BCUT2D eigenvalue weighted by Gasteiger charge is 1.99. The smallest absolute Gasteiger partial charge is 0.128 e. The van der Waals surface area contributed by atoms with Crippen molar-refractivity contribution >= 4 is 11.5 Å². The average Bonchev–Trinajstić information content (AvgIpc) is 2.14. The predicted octanol–water partition coefficient (Wildman–Crippen LogP) is 1.34. The monoisotopic (exact) mass is 208 g/mol. The minimum Gasteiger partial charge on any atom is -0.397 e. The molecule has 84 valence electrons. The summed E-state index contributed by atoms with van der Waals surface area (Å²) < 4.78 is 0. The highest BCUT2D eigenvalue weighted by Crippen LogP contribution is 2.13. The molecule has 0 unspecified atom stereocenters. The third kappa shape index (κ3) is 4.16. The van der Waals surface area contributed by atoms with E-state index in [2.05, 4.69) is 29.3 Å². The first kappa shape index (κ1) is 11.8. The van der Waals surface area contributed by atoms with Gasteiger partial charge in [-0.15, -0.1) is 0 Å². The van der Waals surface area contributed by atoms with Crippen LogP contribution in [0.2, 0.25) is 0 Å². The fourth-order valence-electron chi connectivity index (χ4n) is 1.38. The number of anilines is 2. The number of nitrogens with one attached hydrogen (secondary N) is 1. The Bertz CT molecular complexity index is 309. The van der Waals surface area contributed by atoms with Crippen molar-refractivity contribution in [2.45, 2.75) is 13.3 Å². The van der Waals surface area contributed by atoms with Crippen LogP contribution in [0.15, 0.2) is 12.3 Å². The Morgan fingerprint density at radius 2 is 2.20 bits per heavy atom. The zero-order chi connectivity index (χ0) is 11.3. The second-order valence-corrected chi connectivity index (χ2v) is 4.02. The molecular weight excluding hydrogens is 188 g/mol.